The molecule has 0 aliphatic heterocycles. The molecule has 0 spiro atoms. The van der Waals surface area contributed by atoms with Crippen molar-refractivity contribution < 1.29 is 54.0 Å². The molecule has 18 heteroatoms. The van der Waals surface area contributed by atoms with Gasteiger partial charge in [0.05, 0.1) is 16.9 Å². The van der Waals surface area contributed by atoms with Gasteiger partial charge >= 0.3 is 29.9 Å². The van der Waals surface area contributed by atoms with E-state index in [9.17, 15) is 48.9 Å². The fourth-order valence-corrected chi connectivity index (χ4v) is 7.22. The number of urea groups is 1. The molecule has 3 atom stereocenters. The lowest BCUT2D eigenvalue weighted by atomic mass is 10.1. The Morgan fingerprint density at radius 1 is 0.562 bits per heavy atom. The van der Waals surface area contributed by atoms with Gasteiger partial charge in [0.25, 0.3) is 0 Å². The Kier molecular flexibility index (Phi) is 20.8. The van der Waals surface area contributed by atoms with Gasteiger partial charge in [0, 0.05) is 55.9 Å². The minimum Gasteiger partial charge on any atom is -0.481 e. The van der Waals surface area contributed by atoms with Gasteiger partial charge in [-0.3, -0.25) is 29.3 Å². The van der Waals surface area contributed by atoms with Crippen molar-refractivity contribution in [3.8, 4) is 0 Å². The van der Waals surface area contributed by atoms with Crippen LogP contribution in [-0.2, 0) is 41.9 Å². The predicted octanol–water partition coefficient (Wildman–Crippen LogP) is 5.22. The first-order valence-electron chi connectivity index (χ1n) is 21.7. The molecule has 8 N–H and O–H groups in total. The summed E-state index contributed by atoms with van der Waals surface area (Å²) in [6.45, 7) is 2.12. The number of carboxylic acids is 4. The van der Waals surface area contributed by atoms with Gasteiger partial charge < -0.3 is 41.7 Å². The van der Waals surface area contributed by atoms with Crippen LogP contribution in [0.25, 0.3) is 21.7 Å². The number of carbonyl (C=O) groups is 7. The summed E-state index contributed by atoms with van der Waals surface area (Å²) < 4.78 is 0. The van der Waals surface area contributed by atoms with Crippen LogP contribution in [0.2, 0.25) is 0 Å². The fourth-order valence-electron chi connectivity index (χ4n) is 7.22. The maximum absolute atomic E-state index is 12.7. The molecule has 4 aromatic rings. The number of hydrogen-bond donors (Lipinski definition) is 8. The fraction of sp³-hybridized carbons (Fsp3) is 0.457. The second-order valence-electron chi connectivity index (χ2n) is 15.7. The van der Waals surface area contributed by atoms with Crippen molar-refractivity contribution in [1.29, 1.82) is 0 Å². The number of hydrogen-bond acceptors (Lipinski definition) is 10. The highest BCUT2D eigenvalue weighted by Crippen LogP contribution is 2.20. The molecular weight excluding hydrogens is 827 g/mol. The number of amides is 4. The maximum atomic E-state index is 12.7. The first kappa shape index (κ1) is 50.0. The molecule has 2 aromatic heterocycles. The Labute approximate surface area is 371 Å². The largest absolute Gasteiger partial charge is 0.481 e. The summed E-state index contributed by atoms with van der Waals surface area (Å²) in [5.74, 6) is -5.63. The summed E-state index contributed by atoms with van der Waals surface area (Å²) in [5.41, 5.74) is 2.79. The Morgan fingerprint density at radius 2 is 1.17 bits per heavy atom. The lowest BCUT2D eigenvalue weighted by molar-refractivity contribution is -0.142. The predicted molar refractivity (Wildman–Crippen MR) is 237 cm³/mol. The number of para-hydroxylation sites is 1. The smallest absolute Gasteiger partial charge is 0.326 e. The number of nitrogens with zero attached hydrogens (tertiary/aromatic N) is 3. The summed E-state index contributed by atoms with van der Waals surface area (Å²) in [5, 5.41) is 50.2. The van der Waals surface area contributed by atoms with Crippen LogP contribution in [0.4, 0.5) is 4.79 Å². The van der Waals surface area contributed by atoms with Gasteiger partial charge in [-0.05, 0) is 87.9 Å². The van der Waals surface area contributed by atoms with Crippen LogP contribution in [0.3, 0.4) is 0 Å². The second-order valence-corrected chi connectivity index (χ2v) is 15.7. The van der Waals surface area contributed by atoms with Gasteiger partial charge in [0.2, 0.25) is 11.8 Å². The zero-order valence-electron chi connectivity index (χ0n) is 35.9. The topological polar surface area (TPSA) is 278 Å². The van der Waals surface area contributed by atoms with Crippen LogP contribution >= 0.6 is 0 Å². The SMILES string of the molecule is O=C(O)CCC(NC(=O)NC(CCCCNC(=O)CCCCCCC(=O)NC(CCCCN(Cc1ccc2ccccc2n1)Cc1nccc2ccccc12)C(=O)O)C(=O)O)C(=O)O. The lowest BCUT2D eigenvalue weighted by Gasteiger charge is -2.23. The number of benzene rings is 2. The molecule has 0 radical (unpaired) electrons. The van der Waals surface area contributed by atoms with E-state index in [1.165, 1.54) is 0 Å². The number of aliphatic carboxylic acids is 4. The van der Waals surface area contributed by atoms with E-state index in [1.54, 1.807) is 0 Å². The highest BCUT2D eigenvalue weighted by Gasteiger charge is 2.25. The van der Waals surface area contributed by atoms with Crippen molar-refractivity contribution in [1.82, 2.24) is 36.1 Å². The van der Waals surface area contributed by atoms with E-state index in [-0.39, 0.29) is 50.5 Å². The second kappa shape index (κ2) is 26.7. The third-order valence-electron chi connectivity index (χ3n) is 10.7. The zero-order valence-corrected chi connectivity index (χ0v) is 35.9. The first-order valence-corrected chi connectivity index (χ1v) is 21.7. The van der Waals surface area contributed by atoms with Crippen LogP contribution < -0.4 is 21.3 Å². The molecule has 64 heavy (non-hydrogen) atoms. The summed E-state index contributed by atoms with van der Waals surface area (Å²) in [7, 11) is 0. The quantitative estimate of drug-likeness (QED) is 0.0312. The number of pyridine rings is 2. The summed E-state index contributed by atoms with van der Waals surface area (Å²) in [6.07, 6.45) is 6.19. The molecule has 2 heterocycles. The molecule has 0 saturated carbocycles. The van der Waals surface area contributed by atoms with Gasteiger partial charge in [-0.2, -0.15) is 0 Å². The maximum Gasteiger partial charge on any atom is 0.326 e. The summed E-state index contributed by atoms with van der Waals surface area (Å²) in [4.78, 5) is 94.7. The van der Waals surface area contributed by atoms with Gasteiger partial charge in [-0.15, -0.1) is 0 Å². The van der Waals surface area contributed by atoms with Crippen molar-refractivity contribution in [3.63, 3.8) is 0 Å². The van der Waals surface area contributed by atoms with Crippen molar-refractivity contribution in [3.05, 3.63) is 84.3 Å². The molecule has 0 aliphatic carbocycles. The average Bonchev–Trinajstić information content (AvgIpc) is 3.26. The highest BCUT2D eigenvalue weighted by molar-refractivity contribution is 5.87. The standard InChI is InChI=1S/C46H59N7O11/c54-40(48-26-11-9-17-37(44(60)61)51-46(64)52-38(45(62)63)23-24-42(56)57)19-3-1-2-4-20-41(55)50-36(43(58)59)18-10-12-28-53(29-33-22-21-32-14-6-8-16-35(32)49-33)30-39-34-15-7-5-13-31(34)25-27-47-39/h5-8,13-16,21-22,25,27,36-38H,1-4,9-12,17-20,23-24,26,28-30H2,(H,48,54)(H,50,55)(H,56,57)(H,58,59)(H,60,61)(H,62,63)(H2,51,52,64). The first-order chi connectivity index (χ1) is 30.8. The van der Waals surface area contributed by atoms with Crippen molar-refractivity contribution in [2.75, 3.05) is 13.1 Å². The number of fused-ring (bicyclic) bond motifs is 2. The van der Waals surface area contributed by atoms with Gasteiger partial charge in [0.1, 0.15) is 18.1 Å². The van der Waals surface area contributed by atoms with Crippen LogP contribution in [-0.4, -0.2) is 108 Å². The Morgan fingerprint density at radius 3 is 1.86 bits per heavy atom. The minimum absolute atomic E-state index is 0.0156. The van der Waals surface area contributed by atoms with E-state index in [2.05, 4.69) is 44.4 Å². The molecule has 0 bridgehead atoms. The third kappa shape index (κ3) is 18.0. The molecule has 0 fully saturated rings. The molecule has 18 nitrogen and oxygen atoms in total. The van der Waals surface area contributed by atoms with Crippen molar-refractivity contribution in [2.45, 2.75) is 121 Å². The van der Waals surface area contributed by atoms with Gasteiger partial charge in [-0.1, -0.05) is 61.4 Å². The van der Waals surface area contributed by atoms with Gasteiger partial charge in [0.15, 0.2) is 0 Å². The van der Waals surface area contributed by atoms with E-state index < -0.39 is 54.5 Å². The molecule has 3 unspecified atom stereocenters. The number of rotatable bonds is 30. The number of carbonyl (C=O) groups excluding carboxylic acids is 3. The van der Waals surface area contributed by atoms with Crippen LogP contribution in [0.15, 0.2) is 72.9 Å². The number of carboxylic acid groups (broad SMARTS) is 4. The van der Waals surface area contributed by atoms with E-state index in [1.807, 2.05) is 54.7 Å². The van der Waals surface area contributed by atoms with E-state index >= 15 is 0 Å². The molecule has 2 aromatic carbocycles. The normalized spacial score (nSPS) is 12.6. The average molecular weight is 886 g/mol. The van der Waals surface area contributed by atoms with Crippen LogP contribution in [0.5, 0.6) is 0 Å². The molecule has 4 rings (SSSR count). The zero-order chi connectivity index (χ0) is 46.3. The Balaban J connectivity index is 1.10. The molecule has 344 valence electrons. The van der Waals surface area contributed by atoms with Crippen molar-refractivity contribution >= 4 is 63.4 Å². The Bertz CT molecular complexity index is 2200. The van der Waals surface area contributed by atoms with E-state index in [4.69, 9.17) is 15.1 Å². The third-order valence-corrected chi connectivity index (χ3v) is 10.7. The molecule has 0 aliphatic rings. The minimum atomic E-state index is -1.50. The molecule has 4 amide bonds. The highest BCUT2D eigenvalue weighted by atomic mass is 16.4. The number of nitrogens with one attached hydrogen (secondary N) is 4. The monoisotopic (exact) mass is 885 g/mol. The Hall–Kier alpha value is -6.69. The number of unbranched alkanes of at least 4 members (excludes halogenated alkanes) is 5. The summed E-state index contributed by atoms with van der Waals surface area (Å²) in [6, 6.07) is 17.3. The van der Waals surface area contributed by atoms with E-state index in [0.717, 1.165) is 33.1 Å². The lowest BCUT2D eigenvalue weighted by Crippen LogP contribution is -2.51. The van der Waals surface area contributed by atoms with Crippen molar-refractivity contribution in [2.24, 2.45) is 0 Å². The van der Waals surface area contributed by atoms with Crippen LogP contribution in [0.1, 0.15) is 101 Å². The van der Waals surface area contributed by atoms with Gasteiger partial charge in [-0.25, -0.2) is 19.2 Å². The molecule has 0 saturated heterocycles. The van der Waals surface area contributed by atoms with Crippen LogP contribution in [0, 0.1) is 0 Å². The number of aromatic nitrogens is 2. The summed E-state index contributed by atoms with van der Waals surface area (Å²) >= 11 is 0. The van der Waals surface area contributed by atoms with E-state index in [0.29, 0.717) is 71.0 Å². The molecular formula is C46H59N7O11.